The number of para-hydroxylation sites is 1. The number of hydrogen-bond acceptors (Lipinski definition) is 3. The Kier molecular flexibility index (Phi) is 4.85. The van der Waals surface area contributed by atoms with E-state index in [0.29, 0.717) is 0 Å². The SMILES string of the molecule is Cc1cccc(/C(N)=N/O)c1N(C)Cc1ccccc1Br. The zero-order valence-corrected chi connectivity index (χ0v) is 13.6. The van der Waals surface area contributed by atoms with E-state index < -0.39 is 0 Å². The van der Waals surface area contributed by atoms with Crippen molar-refractivity contribution < 1.29 is 5.21 Å². The number of nitrogens with zero attached hydrogens (tertiary/aromatic N) is 2. The van der Waals surface area contributed by atoms with Gasteiger partial charge in [0.15, 0.2) is 5.84 Å². The van der Waals surface area contributed by atoms with E-state index in [9.17, 15) is 0 Å². The molecule has 0 aliphatic carbocycles. The monoisotopic (exact) mass is 347 g/mol. The van der Waals surface area contributed by atoms with Crippen LogP contribution in [0.1, 0.15) is 16.7 Å². The van der Waals surface area contributed by atoms with Crippen molar-refractivity contribution in [1.29, 1.82) is 0 Å². The van der Waals surface area contributed by atoms with Gasteiger partial charge in [-0.3, -0.25) is 0 Å². The van der Waals surface area contributed by atoms with Gasteiger partial charge in [0.05, 0.1) is 5.69 Å². The van der Waals surface area contributed by atoms with Gasteiger partial charge >= 0.3 is 0 Å². The third kappa shape index (κ3) is 3.36. The quantitative estimate of drug-likeness (QED) is 0.385. The molecule has 2 rings (SSSR count). The number of amidine groups is 1. The molecule has 2 aromatic rings. The standard InChI is InChI=1S/C16H18BrN3O/c1-11-6-5-8-13(16(18)19-21)15(11)20(2)10-12-7-3-4-9-14(12)17/h3-9,21H,10H2,1-2H3,(H2,18,19). The van der Waals surface area contributed by atoms with Gasteiger partial charge in [0, 0.05) is 23.6 Å². The Bertz CT molecular complexity index is 670. The highest BCUT2D eigenvalue weighted by Gasteiger charge is 2.14. The van der Waals surface area contributed by atoms with Crippen molar-refractivity contribution in [2.75, 3.05) is 11.9 Å². The summed E-state index contributed by atoms with van der Waals surface area (Å²) in [4.78, 5) is 2.10. The molecule has 0 bridgehead atoms. The molecule has 0 amide bonds. The predicted octanol–water partition coefficient (Wildman–Crippen LogP) is 3.49. The molecule has 110 valence electrons. The smallest absolute Gasteiger partial charge is 0.172 e. The van der Waals surface area contributed by atoms with Gasteiger partial charge in [0.1, 0.15) is 0 Å². The summed E-state index contributed by atoms with van der Waals surface area (Å²) in [5.74, 6) is 0.118. The highest BCUT2D eigenvalue weighted by Crippen LogP contribution is 2.27. The molecule has 5 heteroatoms. The number of halogens is 1. The van der Waals surface area contributed by atoms with E-state index in [0.717, 1.165) is 27.8 Å². The van der Waals surface area contributed by atoms with Crippen molar-refractivity contribution in [3.63, 3.8) is 0 Å². The number of rotatable bonds is 4. The van der Waals surface area contributed by atoms with E-state index in [1.54, 1.807) is 0 Å². The Hall–Kier alpha value is -2.01. The topological polar surface area (TPSA) is 61.9 Å². The van der Waals surface area contributed by atoms with Crippen molar-refractivity contribution in [3.05, 3.63) is 63.6 Å². The van der Waals surface area contributed by atoms with Crippen LogP contribution in [0.3, 0.4) is 0 Å². The van der Waals surface area contributed by atoms with E-state index in [4.69, 9.17) is 10.9 Å². The van der Waals surface area contributed by atoms with E-state index in [1.807, 2.05) is 50.4 Å². The molecule has 0 radical (unpaired) electrons. The molecule has 2 aromatic carbocycles. The third-order valence-electron chi connectivity index (χ3n) is 3.37. The van der Waals surface area contributed by atoms with E-state index in [2.05, 4.69) is 32.1 Å². The maximum Gasteiger partial charge on any atom is 0.172 e. The summed E-state index contributed by atoms with van der Waals surface area (Å²) in [6.45, 7) is 2.73. The van der Waals surface area contributed by atoms with E-state index in [1.165, 1.54) is 5.56 Å². The molecule has 0 aliphatic heterocycles. The maximum absolute atomic E-state index is 8.96. The number of oxime groups is 1. The van der Waals surface area contributed by atoms with Crippen LogP contribution >= 0.6 is 15.9 Å². The fourth-order valence-electron chi connectivity index (χ4n) is 2.39. The minimum absolute atomic E-state index is 0.118. The van der Waals surface area contributed by atoms with Crippen LogP contribution in [0.25, 0.3) is 0 Å². The summed E-state index contributed by atoms with van der Waals surface area (Å²) < 4.78 is 1.07. The molecule has 0 heterocycles. The lowest BCUT2D eigenvalue weighted by atomic mass is 10.1. The zero-order valence-electron chi connectivity index (χ0n) is 12.0. The van der Waals surface area contributed by atoms with Gasteiger partial charge in [-0.15, -0.1) is 0 Å². The molecule has 21 heavy (non-hydrogen) atoms. The largest absolute Gasteiger partial charge is 0.409 e. The first-order chi connectivity index (χ1) is 10.0. The fourth-order valence-corrected chi connectivity index (χ4v) is 2.80. The molecule has 0 aliphatic rings. The molecule has 0 atom stereocenters. The lowest BCUT2D eigenvalue weighted by Gasteiger charge is -2.24. The van der Waals surface area contributed by atoms with Gasteiger partial charge < -0.3 is 15.8 Å². The zero-order chi connectivity index (χ0) is 15.4. The molecular formula is C16H18BrN3O. The van der Waals surface area contributed by atoms with Crippen LogP contribution < -0.4 is 10.6 Å². The number of nitrogens with two attached hydrogens (primary N) is 1. The minimum Gasteiger partial charge on any atom is -0.409 e. The average Bonchev–Trinajstić information content (AvgIpc) is 2.48. The first kappa shape index (κ1) is 15.4. The molecule has 4 nitrogen and oxygen atoms in total. The van der Waals surface area contributed by atoms with Crippen molar-refractivity contribution >= 4 is 27.5 Å². The second kappa shape index (κ2) is 6.63. The van der Waals surface area contributed by atoms with Gasteiger partial charge in [-0.2, -0.15) is 0 Å². The molecule has 0 saturated carbocycles. The summed E-state index contributed by atoms with van der Waals surface area (Å²) >= 11 is 3.56. The Morgan fingerprint density at radius 1 is 1.24 bits per heavy atom. The first-order valence-electron chi connectivity index (χ1n) is 6.56. The number of benzene rings is 2. The van der Waals surface area contributed by atoms with Crippen LogP contribution in [0.2, 0.25) is 0 Å². The van der Waals surface area contributed by atoms with Crippen LogP contribution in [-0.4, -0.2) is 18.1 Å². The predicted molar refractivity (Wildman–Crippen MR) is 89.9 cm³/mol. The van der Waals surface area contributed by atoms with Crippen LogP contribution in [0.15, 0.2) is 52.1 Å². The van der Waals surface area contributed by atoms with Gasteiger partial charge in [0.2, 0.25) is 0 Å². The Balaban J connectivity index is 2.40. The summed E-state index contributed by atoms with van der Waals surface area (Å²) in [6.07, 6.45) is 0. The Morgan fingerprint density at radius 2 is 1.95 bits per heavy atom. The van der Waals surface area contributed by atoms with Crippen LogP contribution in [0.4, 0.5) is 5.69 Å². The third-order valence-corrected chi connectivity index (χ3v) is 4.14. The van der Waals surface area contributed by atoms with Crippen molar-refractivity contribution in [3.8, 4) is 0 Å². The van der Waals surface area contributed by atoms with Gasteiger partial charge in [-0.05, 0) is 30.2 Å². The van der Waals surface area contributed by atoms with Crippen molar-refractivity contribution in [2.45, 2.75) is 13.5 Å². The molecule has 0 unspecified atom stereocenters. The van der Waals surface area contributed by atoms with Crippen LogP contribution in [-0.2, 0) is 6.54 Å². The van der Waals surface area contributed by atoms with E-state index >= 15 is 0 Å². The lowest BCUT2D eigenvalue weighted by molar-refractivity contribution is 0.318. The van der Waals surface area contributed by atoms with Gasteiger partial charge in [-0.25, -0.2) is 0 Å². The first-order valence-corrected chi connectivity index (χ1v) is 7.36. The number of aryl methyl sites for hydroxylation is 1. The highest BCUT2D eigenvalue weighted by molar-refractivity contribution is 9.10. The minimum atomic E-state index is 0.118. The Morgan fingerprint density at radius 3 is 2.62 bits per heavy atom. The normalized spacial score (nSPS) is 11.5. The second-order valence-corrected chi connectivity index (χ2v) is 5.76. The average molecular weight is 348 g/mol. The van der Waals surface area contributed by atoms with Crippen molar-refractivity contribution in [2.24, 2.45) is 10.9 Å². The molecule has 0 aromatic heterocycles. The molecule has 3 N–H and O–H groups in total. The van der Waals surface area contributed by atoms with Crippen LogP contribution in [0.5, 0.6) is 0 Å². The summed E-state index contributed by atoms with van der Waals surface area (Å²) in [5, 5.41) is 12.1. The summed E-state index contributed by atoms with van der Waals surface area (Å²) in [6, 6.07) is 13.9. The fraction of sp³-hybridized carbons (Fsp3) is 0.188. The molecule has 0 spiro atoms. The van der Waals surface area contributed by atoms with Crippen molar-refractivity contribution in [1.82, 2.24) is 0 Å². The molecule has 0 fully saturated rings. The number of anilines is 1. The molecular weight excluding hydrogens is 330 g/mol. The Labute approximate surface area is 133 Å². The second-order valence-electron chi connectivity index (χ2n) is 4.90. The van der Waals surface area contributed by atoms with Gasteiger partial charge in [0.25, 0.3) is 0 Å². The lowest BCUT2D eigenvalue weighted by Crippen LogP contribution is -2.23. The summed E-state index contributed by atoms with van der Waals surface area (Å²) in [7, 11) is 2.00. The number of hydrogen-bond donors (Lipinski definition) is 2. The maximum atomic E-state index is 8.96. The van der Waals surface area contributed by atoms with E-state index in [-0.39, 0.29) is 5.84 Å². The van der Waals surface area contributed by atoms with Crippen LogP contribution in [0, 0.1) is 6.92 Å². The summed E-state index contributed by atoms with van der Waals surface area (Å²) in [5.41, 5.74) is 9.73. The molecule has 0 saturated heterocycles. The van der Waals surface area contributed by atoms with Gasteiger partial charge in [-0.1, -0.05) is 51.4 Å². The highest BCUT2D eigenvalue weighted by atomic mass is 79.9.